The Hall–Kier alpha value is -0.490. The first-order valence-electron chi connectivity index (χ1n) is 4.84. The molecular formula is C9H13ClF3NO2. The van der Waals surface area contributed by atoms with Crippen molar-refractivity contribution in [2.24, 2.45) is 5.41 Å². The SMILES string of the molecule is O=C(COCC(F)(F)F)NCC1(CCl)CC1. The second-order valence-electron chi connectivity index (χ2n) is 4.02. The van der Waals surface area contributed by atoms with E-state index >= 15 is 0 Å². The van der Waals surface area contributed by atoms with Gasteiger partial charge in [-0.25, -0.2) is 0 Å². The molecule has 1 N–H and O–H groups in total. The molecule has 0 atom stereocenters. The summed E-state index contributed by atoms with van der Waals surface area (Å²) in [4.78, 5) is 11.1. The summed E-state index contributed by atoms with van der Waals surface area (Å²) >= 11 is 5.67. The molecule has 0 heterocycles. The highest BCUT2D eigenvalue weighted by atomic mass is 35.5. The maximum Gasteiger partial charge on any atom is 0.411 e. The fraction of sp³-hybridized carbons (Fsp3) is 0.889. The van der Waals surface area contributed by atoms with Crippen LogP contribution in [0, 0.1) is 5.41 Å². The molecule has 7 heteroatoms. The van der Waals surface area contributed by atoms with Crippen LogP contribution < -0.4 is 5.32 Å². The predicted octanol–water partition coefficient (Wildman–Crippen LogP) is 1.70. The molecule has 0 aromatic rings. The molecule has 0 aliphatic heterocycles. The van der Waals surface area contributed by atoms with Crippen LogP contribution in [0.25, 0.3) is 0 Å². The van der Waals surface area contributed by atoms with Crippen molar-refractivity contribution in [1.29, 1.82) is 0 Å². The summed E-state index contributed by atoms with van der Waals surface area (Å²) in [5, 5.41) is 2.51. The average molecular weight is 260 g/mol. The average Bonchev–Trinajstić information content (AvgIpc) is 2.93. The lowest BCUT2D eigenvalue weighted by Crippen LogP contribution is -2.34. The van der Waals surface area contributed by atoms with Crippen LogP contribution in [-0.2, 0) is 9.53 Å². The molecule has 0 aromatic carbocycles. The number of carbonyl (C=O) groups excluding carboxylic acids is 1. The molecule has 0 spiro atoms. The van der Waals surface area contributed by atoms with E-state index in [0.29, 0.717) is 12.4 Å². The second kappa shape index (κ2) is 5.23. The van der Waals surface area contributed by atoms with Gasteiger partial charge < -0.3 is 10.1 Å². The zero-order valence-corrected chi connectivity index (χ0v) is 9.33. The Labute approximate surface area is 96.3 Å². The Morgan fingerprint density at radius 2 is 2.06 bits per heavy atom. The summed E-state index contributed by atoms with van der Waals surface area (Å²) < 4.78 is 39.2. The van der Waals surface area contributed by atoms with Crippen LogP contribution in [0.1, 0.15) is 12.8 Å². The number of ether oxygens (including phenoxy) is 1. The van der Waals surface area contributed by atoms with Crippen molar-refractivity contribution in [3.05, 3.63) is 0 Å². The number of hydrogen-bond acceptors (Lipinski definition) is 2. The van der Waals surface area contributed by atoms with Crippen molar-refractivity contribution >= 4 is 17.5 Å². The van der Waals surface area contributed by atoms with Crippen LogP contribution in [0.4, 0.5) is 13.2 Å². The number of alkyl halides is 4. The molecule has 1 saturated carbocycles. The van der Waals surface area contributed by atoms with Crippen molar-refractivity contribution < 1.29 is 22.7 Å². The third-order valence-electron chi connectivity index (χ3n) is 2.40. The molecular weight excluding hydrogens is 247 g/mol. The van der Waals surface area contributed by atoms with Gasteiger partial charge in [0, 0.05) is 17.8 Å². The van der Waals surface area contributed by atoms with Crippen molar-refractivity contribution in [3.63, 3.8) is 0 Å². The fourth-order valence-corrected chi connectivity index (χ4v) is 1.49. The Kier molecular flexibility index (Phi) is 4.43. The van der Waals surface area contributed by atoms with Crippen LogP contribution in [0.2, 0.25) is 0 Å². The van der Waals surface area contributed by atoms with Crippen molar-refractivity contribution in [2.45, 2.75) is 19.0 Å². The van der Waals surface area contributed by atoms with E-state index in [1.165, 1.54) is 0 Å². The largest absolute Gasteiger partial charge is 0.411 e. The van der Waals surface area contributed by atoms with E-state index in [2.05, 4.69) is 10.1 Å². The highest BCUT2D eigenvalue weighted by Crippen LogP contribution is 2.45. The first kappa shape index (κ1) is 13.6. The van der Waals surface area contributed by atoms with Crippen LogP contribution in [0.5, 0.6) is 0 Å². The quantitative estimate of drug-likeness (QED) is 0.738. The van der Waals surface area contributed by atoms with Gasteiger partial charge in [-0.3, -0.25) is 4.79 Å². The molecule has 0 radical (unpaired) electrons. The molecule has 3 nitrogen and oxygen atoms in total. The van der Waals surface area contributed by atoms with Crippen molar-refractivity contribution in [1.82, 2.24) is 5.32 Å². The lowest BCUT2D eigenvalue weighted by molar-refractivity contribution is -0.175. The number of nitrogens with one attached hydrogen (secondary N) is 1. The molecule has 0 aromatic heterocycles. The Bertz CT molecular complexity index is 254. The maximum atomic E-state index is 11.7. The van der Waals surface area contributed by atoms with E-state index in [1.807, 2.05) is 0 Å². The molecule has 94 valence electrons. The minimum absolute atomic E-state index is 0.0404. The summed E-state index contributed by atoms with van der Waals surface area (Å²) in [7, 11) is 0. The monoisotopic (exact) mass is 259 g/mol. The van der Waals surface area contributed by atoms with E-state index in [-0.39, 0.29) is 5.41 Å². The normalized spacial score (nSPS) is 18.2. The zero-order chi connectivity index (χ0) is 12.2. The van der Waals surface area contributed by atoms with Gasteiger partial charge in [0.25, 0.3) is 0 Å². The summed E-state index contributed by atoms with van der Waals surface area (Å²) in [6.45, 7) is -1.57. The topological polar surface area (TPSA) is 38.3 Å². The number of hydrogen-bond donors (Lipinski definition) is 1. The fourth-order valence-electron chi connectivity index (χ4n) is 1.13. The number of amides is 1. The van der Waals surface area contributed by atoms with Gasteiger partial charge in [0.1, 0.15) is 13.2 Å². The second-order valence-corrected chi connectivity index (χ2v) is 4.29. The highest BCUT2D eigenvalue weighted by Gasteiger charge is 2.41. The lowest BCUT2D eigenvalue weighted by Gasteiger charge is -2.12. The predicted molar refractivity (Wildman–Crippen MR) is 52.3 cm³/mol. The number of rotatable bonds is 6. The van der Waals surface area contributed by atoms with Gasteiger partial charge in [-0.05, 0) is 12.8 Å². The van der Waals surface area contributed by atoms with Crippen LogP contribution >= 0.6 is 11.6 Å². The van der Waals surface area contributed by atoms with Gasteiger partial charge in [0.15, 0.2) is 0 Å². The van der Waals surface area contributed by atoms with Gasteiger partial charge in [0.05, 0.1) is 0 Å². The molecule has 16 heavy (non-hydrogen) atoms. The summed E-state index contributed by atoms with van der Waals surface area (Å²) in [6, 6.07) is 0. The molecule has 1 fully saturated rings. The lowest BCUT2D eigenvalue weighted by atomic mass is 10.1. The van der Waals surface area contributed by atoms with Gasteiger partial charge >= 0.3 is 6.18 Å². The molecule has 1 amide bonds. The van der Waals surface area contributed by atoms with E-state index < -0.39 is 25.3 Å². The van der Waals surface area contributed by atoms with Crippen LogP contribution in [0.15, 0.2) is 0 Å². The zero-order valence-electron chi connectivity index (χ0n) is 8.57. The number of carbonyl (C=O) groups is 1. The van der Waals surface area contributed by atoms with Crippen LogP contribution in [0.3, 0.4) is 0 Å². The standard InChI is InChI=1S/C9H13ClF3NO2/c10-4-8(1-2-8)5-14-7(15)3-16-6-9(11,12)13/h1-6H2,(H,14,15). The van der Waals surface area contributed by atoms with E-state index in [9.17, 15) is 18.0 Å². The first-order valence-corrected chi connectivity index (χ1v) is 5.38. The summed E-state index contributed by atoms with van der Waals surface area (Å²) in [5.74, 6) is -0.0860. The summed E-state index contributed by atoms with van der Waals surface area (Å²) in [6.07, 6.45) is -2.51. The van der Waals surface area contributed by atoms with Gasteiger partial charge in [-0.15, -0.1) is 11.6 Å². The molecule has 0 saturated heterocycles. The van der Waals surface area contributed by atoms with E-state index in [1.54, 1.807) is 0 Å². The minimum atomic E-state index is -4.39. The molecule has 0 bridgehead atoms. The molecule has 1 aliphatic rings. The first-order chi connectivity index (χ1) is 7.37. The molecule has 1 rings (SSSR count). The molecule has 1 aliphatic carbocycles. The minimum Gasteiger partial charge on any atom is -0.362 e. The van der Waals surface area contributed by atoms with Gasteiger partial charge in [0.2, 0.25) is 5.91 Å². The highest BCUT2D eigenvalue weighted by molar-refractivity contribution is 6.18. The Morgan fingerprint density at radius 3 is 2.50 bits per heavy atom. The van der Waals surface area contributed by atoms with Crippen molar-refractivity contribution in [3.8, 4) is 0 Å². The van der Waals surface area contributed by atoms with Crippen LogP contribution in [-0.4, -0.2) is 37.7 Å². The van der Waals surface area contributed by atoms with Crippen molar-refractivity contribution in [2.75, 3.05) is 25.6 Å². The third-order valence-corrected chi connectivity index (χ3v) is 2.97. The van der Waals surface area contributed by atoms with Gasteiger partial charge in [-0.2, -0.15) is 13.2 Å². The Morgan fingerprint density at radius 1 is 1.44 bits per heavy atom. The van der Waals surface area contributed by atoms with E-state index in [0.717, 1.165) is 12.8 Å². The molecule has 0 unspecified atom stereocenters. The van der Waals surface area contributed by atoms with Gasteiger partial charge in [-0.1, -0.05) is 0 Å². The smallest absolute Gasteiger partial charge is 0.362 e. The summed E-state index contributed by atoms with van der Waals surface area (Å²) in [5.41, 5.74) is -0.0404. The maximum absolute atomic E-state index is 11.7. The van der Waals surface area contributed by atoms with E-state index in [4.69, 9.17) is 11.6 Å². The Balaban J connectivity index is 2.08. The number of halogens is 4. The third kappa shape index (κ3) is 5.03.